The maximum Gasteiger partial charge on any atom is 0.410 e. The van der Waals surface area contributed by atoms with Crippen molar-refractivity contribution in [3.8, 4) is 0 Å². The number of amides is 1. The zero-order valence-electron chi connectivity index (χ0n) is 16.9. The van der Waals surface area contributed by atoms with Crippen LogP contribution in [0.15, 0.2) is 0 Å². The molecule has 3 unspecified atom stereocenters. The maximum absolute atomic E-state index is 12.3. The third-order valence-corrected chi connectivity index (χ3v) is 6.71. The van der Waals surface area contributed by atoms with Crippen molar-refractivity contribution in [1.29, 1.82) is 0 Å². The van der Waals surface area contributed by atoms with E-state index in [1.54, 1.807) is 0 Å². The number of nitrogens with one attached hydrogen (secondary N) is 1. The highest BCUT2D eigenvalue weighted by molar-refractivity contribution is 5.68. The first-order chi connectivity index (χ1) is 11.0. The van der Waals surface area contributed by atoms with Gasteiger partial charge in [0.05, 0.1) is 0 Å². The van der Waals surface area contributed by atoms with Gasteiger partial charge in [-0.1, -0.05) is 27.7 Å². The minimum absolute atomic E-state index is 0.189. The van der Waals surface area contributed by atoms with Gasteiger partial charge in [0.1, 0.15) is 5.60 Å². The van der Waals surface area contributed by atoms with Crippen molar-refractivity contribution in [3.63, 3.8) is 0 Å². The number of carbonyl (C=O) groups excluding carboxylic acids is 1. The number of ether oxygens (including phenoxy) is 1. The van der Waals surface area contributed by atoms with Crippen LogP contribution in [0.4, 0.5) is 4.79 Å². The molecule has 2 aliphatic rings. The Labute approximate surface area is 148 Å². The standard InChI is InChI=1S/C20H38N2O2/c1-8-12-22(17(23)24-18(2,3)4)13-11-21-16-14-15-9-10-20(16,7)19(15,5)6/h15-16,21H,8-14H2,1-7H3. The van der Waals surface area contributed by atoms with Crippen LogP contribution in [0.2, 0.25) is 0 Å². The van der Waals surface area contributed by atoms with Gasteiger partial charge in [0.2, 0.25) is 0 Å². The van der Waals surface area contributed by atoms with Crippen LogP contribution in [-0.4, -0.2) is 42.3 Å². The average molecular weight is 339 g/mol. The molecule has 1 N–H and O–H groups in total. The van der Waals surface area contributed by atoms with E-state index in [1.165, 1.54) is 19.3 Å². The molecule has 0 aromatic heterocycles. The SMILES string of the molecule is CCCN(CCNC1CC2CCC1(C)C2(C)C)C(=O)OC(C)(C)C. The van der Waals surface area contributed by atoms with Gasteiger partial charge in [0.15, 0.2) is 0 Å². The van der Waals surface area contributed by atoms with Gasteiger partial charge in [0, 0.05) is 25.7 Å². The third kappa shape index (κ3) is 3.74. The van der Waals surface area contributed by atoms with Crippen molar-refractivity contribution < 1.29 is 9.53 Å². The van der Waals surface area contributed by atoms with Crippen LogP contribution in [-0.2, 0) is 4.74 Å². The van der Waals surface area contributed by atoms with Gasteiger partial charge < -0.3 is 15.0 Å². The molecule has 2 saturated carbocycles. The van der Waals surface area contributed by atoms with E-state index in [0.717, 1.165) is 32.0 Å². The van der Waals surface area contributed by atoms with Gasteiger partial charge in [-0.15, -0.1) is 0 Å². The Balaban J connectivity index is 1.87. The predicted octanol–water partition coefficient (Wildman–Crippen LogP) is 4.44. The summed E-state index contributed by atoms with van der Waals surface area (Å²) >= 11 is 0. The quantitative estimate of drug-likeness (QED) is 0.778. The zero-order valence-corrected chi connectivity index (χ0v) is 16.9. The molecule has 2 aliphatic carbocycles. The monoisotopic (exact) mass is 338 g/mol. The summed E-state index contributed by atoms with van der Waals surface area (Å²) in [6.45, 7) is 17.5. The Hall–Kier alpha value is -0.770. The topological polar surface area (TPSA) is 41.6 Å². The summed E-state index contributed by atoms with van der Waals surface area (Å²) in [5.41, 5.74) is 0.386. The van der Waals surface area contributed by atoms with Crippen molar-refractivity contribution in [3.05, 3.63) is 0 Å². The average Bonchev–Trinajstić information content (AvgIpc) is 2.77. The van der Waals surface area contributed by atoms with E-state index in [2.05, 4.69) is 33.0 Å². The summed E-state index contributed by atoms with van der Waals surface area (Å²) in [5.74, 6) is 0.845. The smallest absolute Gasteiger partial charge is 0.410 e. The summed E-state index contributed by atoms with van der Waals surface area (Å²) in [4.78, 5) is 14.2. The molecule has 2 bridgehead atoms. The van der Waals surface area contributed by atoms with Crippen molar-refractivity contribution in [2.45, 2.75) is 85.8 Å². The van der Waals surface area contributed by atoms with E-state index in [1.807, 2.05) is 25.7 Å². The normalized spacial score (nSPS) is 31.3. The second kappa shape index (κ2) is 6.86. The summed E-state index contributed by atoms with van der Waals surface area (Å²) in [7, 11) is 0. The molecule has 1 amide bonds. The van der Waals surface area contributed by atoms with E-state index in [9.17, 15) is 4.79 Å². The van der Waals surface area contributed by atoms with Gasteiger partial charge in [-0.05, 0) is 63.2 Å². The Morgan fingerprint density at radius 1 is 1.25 bits per heavy atom. The van der Waals surface area contributed by atoms with Gasteiger partial charge in [-0.25, -0.2) is 4.79 Å². The molecule has 140 valence electrons. The Morgan fingerprint density at radius 3 is 2.38 bits per heavy atom. The molecule has 3 atom stereocenters. The first-order valence-corrected chi connectivity index (χ1v) is 9.72. The number of hydrogen-bond acceptors (Lipinski definition) is 3. The third-order valence-electron chi connectivity index (χ3n) is 6.71. The first-order valence-electron chi connectivity index (χ1n) is 9.72. The summed E-state index contributed by atoms with van der Waals surface area (Å²) in [6.07, 6.45) is 4.75. The van der Waals surface area contributed by atoms with E-state index in [4.69, 9.17) is 4.74 Å². The van der Waals surface area contributed by atoms with E-state index < -0.39 is 5.60 Å². The van der Waals surface area contributed by atoms with Crippen molar-refractivity contribution >= 4 is 6.09 Å². The lowest BCUT2D eigenvalue weighted by molar-refractivity contribution is 0.0246. The van der Waals surface area contributed by atoms with Gasteiger partial charge >= 0.3 is 6.09 Å². The summed E-state index contributed by atoms with van der Waals surface area (Å²) in [5, 5.41) is 3.77. The molecule has 2 fully saturated rings. The summed E-state index contributed by atoms with van der Waals surface area (Å²) < 4.78 is 5.54. The van der Waals surface area contributed by atoms with Crippen LogP contribution in [0, 0.1) is 16.7 Å². The highest BCUT2D eigenvalue weighted by atomic mass is 16.6. The maximum atomic E-state index is 12.3. The van der Waals surface area contributed by atoms with Crippen LogP contribution >= 0.6 is 0 Å². The molecule has 0 aliphatic heterocycles. The molecule has 0 aromatic rings. The van der Waals surface area contributed by atoms with E-state index >= 15 is 0 Å². The van der Waals surface area contributed by atoms with E-state index in [0.29, 0.717) is 16.9 Å². The molecule has 0 heterocycles. The lowest BCUT2D eigenvalue weighted by Gasteiger charge is -2.40. The lowest BCUT2D eigenvalue weighted by atomic mass is 9.69. The Morgan fingerprint density at radius 2 is 1.92 bits per heavy atom. The van der Waals surface area contributed by atoms with Crippen molar-refractivity contribution in [2.24, 2.45) is 16.7 Å². The number of fused-ring (bicyclic) bond motifs is 2. The number of hydrogen-bond donors (Lipinski definition) is 1. The second-order valence-electron chi connectivity index (χ2n) is 9.58. The number of nitrogens with zero attached hydrogens (tertiary/aromatic N) is 1. The molecule has 2 rings (SSSR count). The van der Waals surface area contributed by atoms with Crippen LogP contribution in [0.25, 0.3) is 0 Å². The highest BCUT2D eigenvalue weighted by Gasteiger charge is 2.60. The van der Waals surface area contributed by atoms with Crippen LogP contribution in [0.3, 0.4) is 0 Å². The molecule has 0 spiro atoms. The first kappa shape index (κ1) is 19.6. The molecule has 24 heavy (non-hydrogen) atoms. The number of rotatable bonds is 6. The van der Waals surface area contributed by atoms with E-state index in [-0.39, 0.29) is 6.09 Å². The minimum Gasteiger partial charge on any atom is -0.444 e. The fraction of sp³-hybridized carbons (Fsp3) is 0.950. The highest BCUT2D eigenvalue weighted by Crippen LogP contribution is 2.65. The summed E-state index contributed by atoms with van der Waals surface area (Å²) in [6, 6.07) is 0.577. The Bertz CT molecular complexity index is 455. The second-order valence-corrected chi connectivity index (χ2v) is 9.58. The molecule has 0 saturated heterocycles. The molecular formula is C20H38N2O2. The fourth-order valence-corrected chi connectivity index (χ4v) is 4.78. The molecule has 4 heteroatoms. The van der Waals surface area contributed by atoms with Crippen LogP contribution in [0.1, 0.15) is 74.1 Å². The lowest BCUT2D eigenvalue weighted by Crippen LogP contribution is -2.48. The number of carbonyl (C=O) groups is 1. The van der Waals surface area contributed by atoms with Crippen LogP contribution in [0.5, 0.6) is 0 Å². The van der Waals surface area contributed by atoms with Gasteiger partial charge in [-0.3, -0.25) is 0 Å². The van der Waals surface area contributed by atoms with Crippen LogP contribution < -0.4 is 5.32 Å². The molecule has 0 radical (unpaired) electrons. The minimum atomic E-state index is -0.432. The Kier molecular flexibility index (Phi) is 5.59. The molecule has 0 aromatic carbocycles. The van der Waals surface area contributed by atoms with Gasteiger partial charge in [-0.2, -0.15) is 0 Å². The molecule has 4 nitrogen and oxygen atoms in total. The zero-order chi connectivity index (χ0) is 18.2. The van der Waals surface area contributed by atoms with Crippen molar-refractivity contribution in [1.82, 2.24) is 10.2 Å². The largest absolute Gasteiger partial charge is 0.444 e. The van der Waals surface area contributed by atoms with Gasteiger partial charge in [0.25, 0.3) is 0 Å². The van der Waals surface area contributed by atoms with Crippen molar-refractivity contribution in [2.75, 3.05) is 19.6 Å². The predicted molar refractivity (Wildman–Crippen MR) is 99.1 cm³/mol. The molecular weight excluding hydrogens is 300 g/mol. The fourth-order valence-electron chi connectivity index (χ4n) is 4.78.